The summed E-state index contributed by atoms with van der Waals surface area (Å²) in [5, 5.41) is 9.15. The number of rotatable bonds is 4. The van der Waals surface area contributed by atoms with Crippen LogP contribution in [0.2, 0.25) is 0 Å². The predicted octanol–water partition coefficient (Wildman–Crippen LogP) is 2.08. The standard InChI is InChI=1S/C17H28N4O2S/c1-11-6-14(4-5-18-11)16(22)20-17-19-15(10-24-17)9-21-7-12(2)23-13(3)8-21/h10-14,18H,4-9H2,1-3H3,(H,19,20,22)/t11-,12?,13?,14-/m0/s1. The lowest BCUT2D eigenvalue weighted by Gasteiger charge is -2.34. The lowest BCUT2D eigenvalue weighted by molar-refractivity contribution is -0.120. The van der Waals surface area contributed by atoms with E-state index in [2.05, 4.69) is 41.3 Å². The molecule has 2 aliphatic rings. The van der Waals surface area contributed by atoms with Crippen molar-refractivity contribution in [1.82, 2.24) is 15.2 Å². The van der Waals surface area contributed by atoms with Crippen molar-refractivity contribution >= 4 is 22.4 Å². The first-order valence-corrected chi connectivity index (χ1v) is 9.74. The van der Waals surface area contributed by atoms with Crippen LogP contribution in [0, 0.1) is 5.92 Å². The van der Waals surface area contributed by atoms with E-state index in [0.29, 0.717) is 6.04 Å². The Hall–Kier alpha value is -1.02. The second kappa shape index (κ2) is 7.91. The van der Waals surface area contributed by atoms with Crippen LogP contribution in [0.4, 0.5) is 5.13 Å². The van der Waals surface area contributed by atoms with Gasteiger partial charge in [-0.05, 0) is 40.2 Å². The smallest absolute Gasteiger partial charge is 0.229 e. The van der Waals surface area contributed by atoms with Gasteiger partial charge < -0.3 is 15.4 Å². The number of hydrogen-bond donors (Lipinski definition) is 2. The molecule has 2 saturated heterocycles. The lowest BCUT2D eigenvalue weighted by atomic mass is 9.93. The fourth-order valence-electron chi connectivity index (χ4n) is 3.66. The Morgan fingerprint density at radius 2 is 2.17 bits per heavy atom. The van der Waals surface area contributed by atoms with Crippen LogP contribution >= 0.6 is 11.3 Å². The zero-order valence-corrected chi connectivity index (χ0v) is 15.6. The zero-order chi connectivity index (χ0) is 17.1. The zero-order valence-electron chi connectivity index (χ0n) is 14.7. The third-order valence-corrected chi connectivity index (χ3v) is 5.46. The Morgan fingerprint density at radius 1 is 1.42 bits per heavy atom. The van der Waals surface area contributed by atoms with E-state index < -0.39 is 0 Å². The van der Waals surface area contributed by atoms with Gasteiger partial charge in [-0.1, -0.05) is 0 Å². The summed E-state index contributed by atoms with van der Waals surface area (Å²) >= 11 is 1.52. The summed E-state index contributed by atoms with van der Waals surface area (Å²) in [5.74, 6) is 0.201. The van der Waals surface area contributed by atoms with Gasteiger partial charge in [0.1, 0.15) is 0 Å². The number of ether oxygens (including phenoxy) is 1. The molecule has 24 heavy (non-hydrogen) atoms. The van der Waals surface area contributed by atoms with E-state index in [1.807, 2.05) is 5.38 Å². The highest BCUT2D eigenvalue weighted by atomic mass is 32.1. The summed E-state index contributed by atoms with van der Waals surface area (Å²) in [6.07, 6.45) is 2.31. The highest BCUT2D eigenvalue weighted by Crippen LogP contribution is 2.22. The van der Waals surface area contributed by atoms with Crippen LogP contribution < -0.4 is 10.6 Å². The molecule has 7 heteroatoms. The van der Waals surface area contributed by atoms with E-state index in [4.69, 9.17) is 4.74 Å². The summed E-state index contributed by atoms with van der Waals surface area (Å²) < 4.78 is 5.77. The van der Waals surface area contributed by atoms with Gasteiger partial charge in [-0.2, -0.15) is 0 Å². The Balaban J connectivity index is 1.52. The number of carbonyl (C=O) groups is 1. The van der Waals surface area contributed by atoms with Gasteiger partial charge in [0.25, 0.3) is 0 Å². The molecule has 0 saturated carbocycles. The average Bonchev–Trinajstić information content (AvgIpc) is 2.93. The molecule has 0 radical (unpaired) electrons. The van der Waals surface area contributed by atoms with Crippen LogP contribution in [-0.2, 0) is 16.1 Å². The molecule has 6 nitrogen and oxygen atoms in total. The minimum atomic E-state index is 0.0922. The third kappa shape index (κ3) is 4.75. The lowest BCUT2D eigenvalue weighted by Crippen LogP contribution is -2.44. The number of anilines is 1. The number of hydrogen-bond acceptors (Lipinski definition) is 6. The SMILES string of the molecule is CC1CN(Cc2csc(NC(=O)[C@H]3CCN[C@@H](C)C3)n2)CC(C)O1. The summed E-state index contributed by atoms with van der Waals surface area (Å²) in [6, 6.07) is 0.409. The predicted molar refractivity (Wildman–Crippen MR) is 96.2 cm³/mol. The fourth-order valence-corrected chi connectivity index (χ4v) is 4.36. The summed E-state index contributed by atoms with van der Waals surface area (Å²) in [4.78, 5) is 19.4. The molecule has 0 spiro atoms. The molecule has 134 valence electrons. The Kier molecular flexibility index (Phi) is 5.86. The molecule has 2 unspecified atom stereocenters. The van der Waals surface area contributed by atoms with Crippen LogP contribution in [0.1, 0.15) is 39.3 Å². The number of carbonyl (C=O) groups excluding carboxylic acids is 1. The third-order valence-electron chi connectivity index (χ3n) is 4.66. The van der Waals surface area contributed by atoms with Gasteiger partial charge in [-0.25, -0.2) is 4.98 Å². The van der Waals surface area contributed by atoms with Crippen LogP contribution in [-0.4, -0.2) is 53.7 Å². The summed E-state index contributed by atoms with van der Waals surface area (Å²) in [5.41, 5.74) is 1.02. The maximum Gasteiger partial charge on any atom is 0.229 e. The Morgan fingerprint density at radius 3 is 2.88 bits per heavy atom. The molecule has 0 aromatic carbocycles. The summed E-state index contributed by atoms with van der Waals surface area (Å²) in [7, 11) is 0. The molecule has 0 aliphatic carbocycles. The molecule has 1 aromatic heterocycles. The van der Waals surface area contributed by atoms with Crippen molar-refractivity contribution in [2.75, 3.05) is 25.0 Å². The van der Waals surface area contributed by atoms with Crippen molar-refractivity contribution in [3.8, 4) is 0 Å². The number of piperidine rings is 1. The number of nitrogens with one attached hydrogen (secondary N) is 2. The number of amides is 1. The molecule has 1 amide bonds. The maximum absolute atomic E-state index is 12.4. The molecule has 3 rings (SSSR count). The Bertz CT molecular complexity index is 555. The largest absolute Gasteiger partial charge is 0.373 e. The first-order chi connectivity index (χ1) is 11.5. The van der Waals surface area contributed by atoms with Crippen LogP contribution in [0.3, 0.4) is 0 Å². The van der Waals surface area contributed by atoms with E-state index in [-0.39, 0.29) is 24.0 Å². The van der Waals surface area contributed by atoms with Crippen LogP contribution in [0.15, 0.2) is 5.38 Å². The van der Waals surface area contributed by atoms with Gasteiger partial charge in [0, 0.05) is 37.0 Å². The van der Waals surface area contributed by atoms with Crippen molar-refractivity contribution in [3.63, 3.8) is 0 Å². The number of aromatic nitrogens is 1. The fraction of sp³-hybridized carbons (Fsp3) is 0.765. The second-order valence-electron chi connectivity index (χ2n) is 7.16. The van der Waals surface area contributed by atoms with Gasteiger partial charge in [0.15, 0.2) is 5.13 Å². The minimum absolute atomic E-state index is 0.0922. The van der Waals surface area contributed by atoms with E-state index >= 15 is 0 Å². The number of nitrogens with zero attached hydrogens (tertiary/aromatic N) is 2. The average molecular weight is 353 g/mol. The van der Waals surface area contributed by atoms with Gasteiger partial charge in [0.2, 0.25) is 5.91 Å². The summed E-state index contributed by atoms with van der Waals surface area (Å²) in [6.45, 7) is 9.92. The quantitative estimate of drug-likeness (QED) is 0.868. The second-order valence-corrected chi connectivity index (χ2v) is 8.02. The van der Waals surface area contributed by atoms with Gasteiger partial charge in [-0.3, -0.25) is 9.69 Å². The number of morpholine rings is 1. The van der Waals surface area contributed by atoms with Crippen molar-refractivity contribution in [1.29, 1.82) is 0 Å². The van der Waals surface area contributed by atoms with Gasteiger partial charge >= 0.3 is 0 Å². The molecule has 1 aromatic rings. The molecule has 4 atom stereocenters. The van der Waals surface area contributed by atoms with Crippen LogP contribution in [0.5, 0.6) is 0 Å². The highest BCUT2D eigenvalue weighted by molar-refractivity contribution is 7.13. The topological polar surface area (TPSA) is 66.5 Å². The van der Waals surface area contributed by atoms with Crippen molar-refractivity contribution in [2.45, 2.75) is 58.4 Å². The maximum atomic E-state index is 12.4. The molecular weight excluding hydrogens is 324 g/mol. The van der Waals surface area contributed by atoms with Crippen molar-refractivity contribution < 1.29 is 9.53 Å². The molecule has 2 fully saturated rings. The van der Waals surface area contributed by atoms with Crippen molar-refractivity contribution in [2.24, 2.45) is 5.92 Å². The van der Waals surface area contributed by atoms with E-state index in [1.54, 1.807) is 0 Å². The van der Waals surface area contributed by atoms with Crippen LogP contribution in [0.25, 0.3) is 0 Å². The normalized spacial score (nSPS) is 31.8. The van der Waals surface area contributed by atoms with E-state index in [0.717, 1.165) is 49.8 Å². The molecule has 0 bridgehead atoms. The first kappa shape index (κ1) is 17.8. The molecule has 2 N–H and O–H groups in total. The molecule has 3 heterocycles. The highest BCUT2D eigenvalue weighted by Gasteiger charge is 2.26. The van der Waals surface area contributed by atoms with Crippen molar-refractivity contribution in [3.05, 3.63) is 11.1 Å². The first-order valence-electron chi connectivity index (χ1n) is 8.86. The molecular formula is C17H28N4O2S. The monoisotopic (exact) mass is 352 g/mol. The van der Waals surface area contributed by atoms with E-state index in [9.17, 15) is 4.79 Å². The Labute approximate surface area is 148 Å². The molecule has 2 aliphatic heterocycles. The minimum Gasteiger partial charge on any atom is -0.373 e. The van der Waals surface area contributed by atoms with Gasteiger partial charge in [0.05, 0.1) is 17.9 Å². The van der Waals surface area contributed by atoms with E-state index in [1.165, 1.54) is 11.3 Å². The van der Waals surface area contributed by atoms with Gasteiger partial charge in [-0.15, -0.1) is 11.3 Å². The number of thiazole rings is 1.